The van der Waals surface area contributed by atoms with E-state index in [1.807, 2.05) is 42.5 Å². The van der Waals surface area contributed by atoms with Gasteiger partial charge in [0.1, 0.15) is 5.82 Å². The van der Waals surface area contributed by atoms with E-state index >= 15 is 0 Å². The first-order chi connectivity index (χ1) is 14.5. The zero-order valence-corrected chi connectivity index (χ0v) is 16.5. The van der Waals surface area contributed by atoms with Crippen molar-refractivity contribution < 1.29 is 9.59 Å². The van der Waals surface area contributed by atoms with Crippen LogP contribution in [-0.4, -0.2) is 33.8 Å². The van der Waals surface area contributed by atoms with Gasteiger partial charge in [0.25, 0.3) is 5.91 Å². The van der Waals surface area contributed by atoms with E-state index in [0.29, 0.717) is 12.0 Å². The molecule has 30 heavy (non-hydrogen) atoms. The molecule has 4 aromatic rings. The van der Waals surface area contributed by atoms with Gasteiger partial charge >= 0.3 is 0 Å². The number of primary amides is 1. The van der Waals surface area contributed by atoms with Gasteiger partial charge in [0.05, 0.1) is 11.0 Å². The number of hydrogen-bond donors (Lipinski definition) is 2. The van der Waals surface area contributed by atoms with Gasteiger partial charge in [0, 0.05) is 42.7 Å². The van der Waals surface area contributed by atoms with Crippen LogP contribution in [0.5, 0.6) is 0 Å². The molecule has 0 aliphatic rings. The van der Waals surface area contributed by atoms with Crippen molar-refractivity contribution in [1.82, 2.24) is 15.0 Å². The molecule has 2 heterocycles. The number of rotatable bonds is 6. The summed E-state index contributed by atoms with van der Waals surface area (Å²) in [7, 11) is 1.73. The SMILES string of the molecule is CN(C(=O)c1ccc2nc(-c3ccncc3)[nH]c2c1)c1ccccc1CCC(N)=O. The monoisotopic (exact) mass is 399 g/mol. The summed E-state index contributed by atoms with van der Waals surface area (Å²) in [6, 6.07) is 16.7. The van der Waals surface area contributed by atoms with Gasteiger partial charge in [0.15, 0.2) is 0 Å². The van der Waals surface area contributed by atoms with Crippen molar-refractivity contribution in [3.8, 4) is 11.4 Å². The fourth-order valence-corrected chi connectivity index (χ4v) is 3.40. The summed E-state index contributed by atoms with van der Waals surface area (Å²) < 4.78 is 0. The molecule has 2 amide bonds. The Labute approximate surface area is 173 Å². The molecule has 0 spiro atoms. The lowest BCUT2D eigenvalue weighted by Crippen LogP contribution is -2.27. The second-order valence-electron chi connectivity index (χ2n) is 7.01. The molecule has 0 fully saturated rings. The molecule has 4 rings (SSSR count). The first kappa shape index (κ1) is 19.3. The number of amides is 2. The van der Waals surface area contributed by atoms with Gasteiger partial charge in [-0.05, 0) is 48.4 Å². The molecule has 0 bridgehead atoms. The maximum Gasteiger partial charge on any atom is 0.258 e. The Morgan fingerprint density at radius 2 is 1.83 bits per heavy atom. The summed E-state index contributed by atoms with van der Waals surface area (Å²) in [5.74, 6) is 0.208. The molecular weight excluding hydrogens is 378 g/mol. The number of imidazole rings is 1. The quantitative estimate of drug-likeness (QED) is 0.519. The lowest BCUT2D eigenvalue weighted by Gasteiger charge is -2.21. The van der Waals surface area contributed by atoms with Crippen molar-refractivity contribution in [3.05, 3.63) is 78.1 Å². The van der Waals surface area contributed by atoms with Crippen molar-refractivity contribution in [2.45, 2.75) is 12.8 Å². The zero-order chi connectivity index (χ0) is 21.1. The van der Waals surface area contributed by atoms with Gasteiger partial charge < -0.3 is 15.6 Å². The third-order valence-electron chi connectivity index (χ3n) is 4.98. The highest BCUT2D eigenvalue weighted by Crippen LogP contribution is 2.25. The van der Waals surface area contributed by atoms with E-state index in [9.17, 15) is 9.59 Å². The number of nitrogens with zero attached hydrogens (tertiary/aromatic N) is 3. The molecule has 0 saturated carbocycles. The van der Waals surface area contributed by atoms with E-state index in [0.717, 1.165) is 33.7 Å². The maximum absolute atomic E-state index is 13.1. The summed E-state index contributed by atoms with van der Waals surface area (Å²) in [6.45, 7) is 0. The van der Waals surface area contributed by atoms with Crippen molar-refractivity contribution in [1.29, 1.82) is 0 Å². The molecule has 0 aliphatic heterocycles. The molecule has 150 valence electrons. The first-order valence-corrected chi connectivity index (χ1v) is 9.57. The number of fused-ring (bicyclic) bond motifs is 1. The van der Waals surface area contributed by atoms with Gasteiger partial charge in [-0.3, -0.25) is 14.6 Å². The minimum absolute atomic E-state index is 0.150. The molecule has 0 saturated heterocycles. The topological polar surface area (TPSA) is 105 Å². The average Bonchev–Trinajstić information content (AvgIpc) is 3.21. The van der Waals surface area contributed by atoms with Crippen LogP contribution in [0.3, 0.4) is 0 Å². The number of aryl methyl sites for hydroxylation is 1. The summed E-state index contributed by atoms with van der Waals surface area (Å²) in [5, 5.41) is 0. The third-order valence-corrected chi connectivity index (χ3v) is 4.98. The van der Waals surface area contributed by atoms with Crippen molar-refractivity contribution in [2.75, 3.05) is 11.9 Å². The average molecular weight is 399 g/mol. The predicted molar refractivity (Wildman–Crippen MR) is 116 cm³/mol. The van der Waals surface area contributed by atoms with Crippen LogP contribution in [0.4, 0.5) is 5.69 Å². The number of aromatic amines is 1. The maximum atomic E-state index is 13.1. The van der Waals surface area contributed by atoms with Crippen LogP contribution in [0.15, 0.2) is 67.0 Å². The van der Waals surface area contributed by atoms with Crippen LogP contribution >= 0.6 is 0 Å². The first-order valence-electron chi connectivity index (χ1n) is 9.57. The van der Waals surface area contributed by atoms with Crippen LogP contribution in [0.25, 0.3) is 22.4 Å². The van der Waals surface area contributed by atoms with Crippen molar-refractivity contribution in [3.63, 3.8) is 0 Å². The fourth-order valence-electron chi connectivity index (χ4n) is 3.40. The molecule has 0 aliphatic carbocycles. The van der Waals surface area contributed by atoms with Crippen molar-refractivity contribution in [2.24, 2.45) is 5.73 Å². The molecule has 0 atom stereocenters. The smallest absolute Gasteiger partial charge is 0.258 e. The summed E-state index contributed by atoms with van der Waals surface area (Å²) in [4.78, 5) is 37.8. The Balaban J connectivity index is 1.62. The minimum atomic E-state index is -0.367. The van der Waals surface area contributed by atoms with E-state index in [1.165, 1.54) is 0 Å². The number of carbonyl (C=O) groups excluding carboxylic acids is 2. The van der Waals surface area contributed by atoms with E-state index in [-0.39, 0.29) is 18.2 Å². The Morgan fingerprint density at radius 3 is 2.60 bits per heavy atom. The number of carbonyl (C=O) groups is 2. The van der Waals surface area contributed by atoms with Gasteiger partial charge in [-0.15, -0.1) is 0 Å². The number of hydrogen-bond acceptors (Lipinski definition) is 4. The van der Waals surface area contributed by atoms with Gasteiger partial charge in [0.2, 0.25) is 5.91 Å². The highest BCUT2D eigenvalue weighted by atomic mass is 16.2. The van der Waals surface area contributed by atoms with Gasteiger partial charge in [-0.25, -0.2) is 4.98 Å². The van der Waals surface area contributed by atoms with Crippen LogP contribution in [0.1, 0.15) is 22.3 Å². The molecule has 2 aromatic heterocycles. The van der Waals surface area contributed by atoms with Crippen LogP contribution in [0.2, 0.25) is 0 Å². The van der Waals surface area contributed by atoms with E-state index in [1.54, 1.807) is 36.5 Å². The van der Waals surface area contributed by atoms with Gasteiger partial charge in [-0.1, -0.05) is 18.2 Å². The zero-order valence-electron chi connectivity index (χ0n) is 16.5. The highest BCUT2D eigenvalue weighted by molar-refractivity contribution is 6.07. The summed E-state index contributed by atoms with van der Waals surface area (Å²) in [6.07, 6.45) is 4.14. The molecule has 7 nitrogen and oxygen atoms in total. The van der Waals surface area contributed by atoms with Crippen molar-refractivity contribution >= 4 is 28.5 Å². The lowest BCUT2D eigenvalue weighted by molar-refractivity contribution is -0.117. The number of H-pyrrole nitrogens is 1. The number of nitrogens with two attached hydrogens (primary N) is 1. The van der Waals surface area contributed by atoms with Crippen LogP contribution in [0, 0.1) is 0 Å². The normalized spacial score (nSPS) is 10.8. The molecule has 0 radical (unpaired) electrons. The second kappa shape index (κ2) is 8.16. The Kier molecular flexibility index (Phi) is 5.26. The minimum Gasteiger partial charge on any atom is -0.370 e. The second-order valence-corrected chi connectivity index (χ2v) is 7.01. The molecule has 2 aromatic carbocycles. The number of nitrogens with one attached hydrogen (secondary N) is 1. The predicted octanol–water partition coefficient (Wildman–Crippen LogP) is 3.32. The summed E-state index contributed by atoms with van der Waals surface area (Å²) >= 11 is 0. The van der Waals surface area contributed by atoms with E-state index in [4.69, 9.17) is 5.73 Å². The Morgan fingerprint density at radius 1 is 1.07 bits per heavy atom. The van der Waals surface area contributed by atoms with Crippen LogP contribution in [-0.2, 0) is 11.2 Å². The fraction of sp³-hybridized carbons (Fsp3) is 0.130. The lowest BCUT2D eigenvalue weighted by atomic mass is 10.1. The molecule has 0 unspecified atom stereocenters. The summed E-state index contributed by atoms with van der Waals surface area (Å²) in [5.41, 5.74) is 9.96. The number of aromatic nitrogens is 3. The number of para-hydroxylation sites is 1. The Bertz CT molecular complexity index is 1220. The highest BCUT2D eigenvalue weighted by Gasteiger charge is 2.17. The van der Waals surface area contributed by atoms with E-state index in [2.05, 4.69) is 15.0 Å². The largest absolute Gasteiger partial charge is 0.370 e. The third kappa shape index (κ3) is 3.91. The van der Waals surface area contributed by atoms with Crippen LogP contribution < -0.4 is 10.6 Å². The number of pyridine rings is 1. The Hall–Kier alpha value is -4.00. The number of anilines is 1. The molecule has 7 heteroatoms. The number of benzene rings is 2. The standard InChI is InChI=1S/C23H21N5O2/c1-28(20-5-3-2-4-15(20)7-9-21(24)29)23(30)17-6-8-18-19(14-17)27-22(26-18)16-10-12-25-13-11-16/h2-6,8,10-14H,7,9H2,1H3,(H2,24,29)(H,26,27). The molecule has 3 N–H and O–H groups in total. The molecular formula is C23H21N5O2. The van der Waals surface area contributed by atoms with Gasteiger partial charge in [-0.2, -0.15) is 0 Å². The van der Waals surface area contributed by atoms with E-state index < -0.39 is 0 Å².